The van der Waals surface area contributed by atoms with Crippen LogP contribution >= 0.6 is 11.8 Å². The van der Waals surface area contributed by atoms with Gasteiger partial charge in [0, 0.05) is 17.3 Å². The standard InChI is InChI=1S/C18H19N3O2S/c1-11-9-12-5-2-3-8-15(12)21(11)16(22)10-24-18-19-14-7-4-6-13(14)17(23)20-18/h2-3,5,8,11H,4,6-7,9-10H2,1H3,(H,19,20,23). The summed E-state index contributed by atoms with van der Waals surface area (Å²) in [5.41, 5.74) is 3.88. The number of nitrogens with one attached hydrogen (secondary N) is 1. The minimum Gasteiger partial charge on any atom is -0.308 e. The van der Waals surface area contributed by atoms with E-state index in [1.54, 1.807) is 0 Å². The number of aromatic nitrogens is 2. The molecule has 2 heterocycles. The topological polar surface area (TPSA) is 66.1 Å². The third kappa shape index (κ3) is 2.65. The number of anilines is 1. The molecule has 1 atom stereocenters. The molecule has 1 aromatic heterocycles. The summed E-state index contributed by atoms with van der Waals surface area (Å²) < 4.78 is 0. The first-order valence-electron chi connectivity index (χ1n) is 8.28. The highest BCUT2D eigenvalue weighted by atomic mass is 32.2. The fraction of sp³-hybridized carbons (Fsp3) is 0.389. The van der Waals surface area contributed by atoms with Crippen molar-refractivity contribution in [1.29, 1.82) is 0 Å². The van der Waals surface area contributed by atoms with Crippen LogP contribution in [-0.4, -0.2) is 27.7 Å². The number of hydrogen-bond donors (Lipinski definition) is 1. The molecule has 1 unspecified atom stereocenters. The third-order valence-corrected chi connectivity index (χ3v) is 5.59. The number of para-hydroxylation sites is 1. The number of hydrogen-bond acceptors (Lipinski definition) is 4. The second kappa shape index (κ2) is 6.09. The summed E-state index contributed by atoms with van der Waals surface area (Å²) in [6.07, 6.45) is 3.54. The lowest BCUT2D eigenvalue weighted by molar-refractivity contribution is -0.116. The smallest absolute Gasteiger partial charge is 0.254 e. The van der Waals surface area contributed by atoms with E-state index in [1.165, 1.54) is 17.3 Å². The van der Waals surface area contributed by atoms with Crippen molar-refractivity contribution in [2.24, 2.45) is 0 Å². The Hall–Kier alpha value is -2.08. The molecule has 4 rings (SSSR count). The van der Waals surface area contributed by atoms with Crippen molar-refractivity contribution >= 4 is 23.4 Å². The summed E-state index contributed by atoms with van der Waals surface area (Å²) >= 11 is 1.31. The van der Waals surface area contributed by atoms with E-state index in [9.17, 15) is 9.59 Å². The predicted octanol–water partition coefficient (Wildman–Crippen LogP) is 2.33. The molecule has 124 valence electrons. The van der Waals surface area contributed by atoms with Crippen LogP contribution < -0.4 is 10.5 Å². The van der Waals surface area contributed by atoms with E-state index in [2.05, 4.69) is 23.0 Å². The van der Waals surface area contributed by atoms with E-state index in [0.29, 0.717) is 5.16 Å². The Morgan fingerprint density at radius 1 is 1.38 bits per heavy atom. The van der Waals surface area contributed by atoms with Crippen LogP contribution in [0.2, 0.25) is 0 Å². The molecule has 1 amide bonds. The van der Waals surface area contributed by atoms with Gasteiger partial charge in [-0.25, -0.2) is 4.98 Å². The van der Waals surface area contributed by atoms with Gasteiger partial charge in [-0.05, 0) is 44.2 Å². The van der Waals surface area contributed by atoms with Crippen LogP contribution in [0.25, 0.3) is 0 Å². The number of thioether (sulfide) groups is 1. The van der Waals surface area contributed by atoms with Gasteiger partial charge in [-0.15, -0.1) is 0 Å². The van der Waals surface area contributed by atoms with Gasteiger partial charge >= 0.3 is 0 Å². The van der Waals surface area contributed by atoms with E-state index >= 15 is 0 Å². The van der Waals surface area contributed by atoms with Crippen molar-refractivity contribution in [1.82, 2.24) is 9.97 Å². The maximum atomic E-state index is 12.7. The molecule has 0 spiro atoms. The zero-order valence-corrected chi connectivity index (χ0v) is 14.4. The summed E-state index contributed by atoms with van der Waals surface area (Å²) in [6.45, 7) is 2.07. The first-order valence-corrected chi connectivity index (χ1v) is 9.27. The number of benzene rings is 1. The van der Waals surface area contributed by atoms with Crippen LogP contribution in [0.1, 0.15) is 30.2 Å². The predicted molar refractivity (Wildman–Crippen MR) is 94.7 cm³/mol. The molecule has 0 saturated carbocycles. The average molecular weight is 341 g/mol. The van der Waals surface area contributed by atoms with E-state index in [0.717, 1.165) is 42.6 Å². The van der Waals surface area contributed by atoms with E-state index in [-0.39, 0.29) is 23.3 Å². The number of carbonyl (C=O) groups excluding carboxylic acids is 1. The number of carbonyl (C=O) groups is 1. The molecule has 5 nitrogen and oxygen atoms in total. The lowest BCUT2D eigenvalue weighted by Crippen LogP contribution is -2.37. The van der Waals surface area contributed by atoms with Crippen LogP contribution in [0.3, 0.4) is 0 Å². The number of amides is 1. The summed E-state index contributed by atoms with van der Waals surface area (Å²) in [7, 11) is 0. The van der Waals surface area contributed by atoms with Gasteiger partial charge in [0.15, 0.2) is 5.16 Å². The highest BCUT2D eigenvalue weighted by Crippen LogP contribution is 2.32. The Balaban J connectivity index is 1.50. The quantitative estimate of drug-likeness (QED) is 0.687. The molecule has 2 aromatic rings. The molecule has 1 aliphatic heterocycles. The number of fused-ring (bicyclic) bond motifs is 2. The molecule has 24 heavy (non-hydrogen) atoms. The van der Waals surface area contributed by atoms with E-state index < -0.39 is 0 Å². The molecule has 0 fully saturated rings. The van der Waals surface area contributed by atoms with Crippen molar-refractivity contribution in [3.8, 4) is 0 Å². The van der Waals surface area contributed by atoms with Crippen molar-refractivity contribution in [2.45, 2.75) is 43.8 Å². The van der Waals surface area contributed by atoms with Crippen molar-refractivity contribution in [3.05, 3.63) is 51.4 Å². The largest absolute Gasteiger partial charge is 0.308 e. The minimum atomic E-state index is -0.0488. The molecule has 0 radical (unpaired) electrons. The molecule has 2 aliphatic rings. The molecule has 1 N–H and O–H groups in total. The molecule has 0 bridgehead atoms. The van der Waals surface area contributed by atoms with Crippen LogP contribution in [0.4, 0.5) is 5.69 Å². The van der Waals surface area contributed by atoms with Gasteiger partial charge in [0.1, 0.15) is 0 Å². The minimum absolute atomic E-state index is 0.0488. The third-order valence-electron chi connectivity index (χ3n) is 4.73. The van der Waals surface area contributed by atoms with Crippen LogP contribution in [0.5, 0.6) is 0 Å². The Kier molecular flexibility index (Phi) is 3.92. The molecule has 1 aromatic carbocycles. The number of H-pyrrole nitrogens is 1. The fourth-order valence-electron chi connectivity index (χ4n) is 3.63. The highest BCUT2D eigenvalue weighted by molar-refractivity contribution is 7.99. The molecule has 6 heteroatoms. The summed E-state index contributed by atoms with van der Waals surface area (Å²) in [5.74, 6) is 0.334. The normalized spacial score (nSPS) is 18.5. The van der Waals surface area contributed by atoms with Gasteiger partial charge in [0.05, 0.1) is 11.4 Å². The fourth-order valence-corrected chi connectivity index (χ4v) is 4.37. The van der Waals surface area contributed by atoms with Gasteiger partial charge in [-0.3, -0.25) is 9.59 Å². The van der Waals surface area contributed by atoms with Crippen molar-refractivity contribution < 1.29 is 4.79 Å². The molecule has 1 aliphatic carbocycles. The van der Waals surface area contributed by atoms with Gasteiger partial charge in [-0.2, -0.15) is 0 Å². The van der Waals surface area contributed by atoms with Gasteiger partial charge in [0.25, 0.3) is 5.56 Å². The summed E-state index contributed by atoms with van der Waals surface area (Å²) in [5, 5.41) is 0.550. The summed E-state index contributed by atoms with van der Waals surface area (Å²) in [4.78, 5) is 33.9. The maximum Gasteiger partial charge on any atom is 0.254 e. The zero-order valence-electron chi connectivity index (χ0n) is 13.5. The van der Waals surface area contributed by atoms with Crippen LogP contribution in [-0.2, 0) is 24.1 Å². The molecular formula is C18H19N3O2S. The number of rotatable bonds is 3. The monoisotopic (exact) mass is 341 g/mol. The average Bonchev–Trinajstić information content (AvgIpc) is 3.16. The first kappa shape index (κ1) is 15.4. The SMILES string of the molecule is CC1Cc2ccccc2N1C(=O)CSc1nc2c(c(=O)[nH]1)CCC2. The van der Waals surface area contributed by atoms with Crippen LogP contribution in [0, 0.1) is 0 Å². The van der Waals surface area contributed by atoms with E-state index in [4.69, 9.17) is 0 Å². The second-order valence-corrected chi connectivity index (χ2v) is 7.35. The molecule has 0 saturated heterocycles. The van der Waals surface area contributed by atoms with E-state index in [1.807, 2.05) is 23.1 Å². The van der Waals surface area contributed by atoms with Crippen molar-refractivity contribution in [2.75, 3.05) is 10.7 Å². The lowest BCUT2D eigenvalue weighted by atomic mass is 10.1. The Morgan fingerprint density at radius 2 is 2.21 bits per heavy atom. The zero-order chi connectivity index (χ0) is 16.7. The van der Waals surface area contributed by atoms with Gasteiger partial charge < -0.3 is 9.88 Å². The lowest BCUT2D eigenvalue weighted by Gasteiger charge is -2.22. The Bertz CT molecular complexity index is 862. The van der Waals surface area contributed by atoms with Crippen molar-refractivity contribution in [3.63, 3.8) is 0 Å². The Morgan fingerprint density at radius 3 is 3.08 bits per heavy atom. The number of nitrogens with zero attached hydrogens (tertiary/aromatic N) is 2. The van der Waals surface area contributed by atoms with Crippen LogP contribution in [0.15, 0.2) is 34.2 Å². The molecular weight excluding hydrogens is 322 g/mol. The van der Waals surface area contributed by atoms with Gasteiger partial charge in [-0.1, -0.05) is 30.0 Å². The highest BCUT2D eigenvalue weighted by Gasteiger charge is 2.30. The second-order valence-electron chi connectivity index (χ2n) is 6.38. The summed E-state index contributed by atoms with van der Waals surface area (Å²) in [6, 6.07) is 8.21. The first-order chi connectivity index (χ1) is 11.6. The Labute approximate surface area is 144 Å². The number of aryl methyl sites for hydroxylation is 1. The van der Waals surface area contributed by atoms with Gasteiger partial charge in [0.2, 0.25) is 5.91 Å². The number of aromatic amines is 1. The maximum absolute atomic E-state index is 12.7.